The molecule has 86 valence electrons. The molecule has 0 spiro atoms. The van der Waals surface area contributed by atoms with Crippen molar-refractivity contribution in [3.63, 3.8) is 0 Å². The van der Waals surface area contributed by atoms with Crippen LogP contribution < -0.4 is 66.9 Å². The molecule has 9 heteroatoms. The third-order valence-electron chi connectivity index (χ3n) is 2.28. The van der Waals surface area contributed by atoms with Crippen LogP contribution in [0.4, 0.5) is 11.9 Å². The molecule has 2 heterocycles. The average Bonchev–Trinajstić information content (AvgIpc) is 2.61. The monoisotopic (exact) mass is 295 g/mol. The van der Waals surface area contributed by atoms with Gasteiger partial charge in [0.1, 0.15) is 0 Å². The zero-order chi connectivity index (χ0) is 11.9. The molecule has 1 aromatic rings. The van der Waals surface area contributed by atoms with Crippen molar-refractivity contribution < 1.29 is 51.4 Å². The van der Waals surface area contributed by atoms with Crippen molar-refractivity contribution in [1.82, 2.24) is 14.5 Å². The molecule has 0 bridgehead atoms. The van der Waals surface area contributed by atoms with Crippen molar-refractivity contribution in [3.05, 3.63) is 10.5 Å². The van der Waals surface area contributed by atoms with Gasteiger partial charge in [0.25, 0.3) is 0 Å². The third-order valence-corrected chi connectivity index (χ3v) is 2.72. The number of thiocarbonyl (C=S) groups is 1. The summed E-state index contributed by atoms with van der Waals surface area (Å²) in [6.45, 7) is 1.11. The molecule has 17 heavy (non-hydrogen) atoms. The summed E-state index contributed by atoms with van der Waals surface area (Å²) in [4.78, 5) is 23.1. The normalized spacial score (nSPS) is 12.9. The standard InChI is InChI=1S/C8H11N5OS2.K/c1-11(2)5-9-6-12(7(14)10-5)3-4-13(6)8(15)16;/h3-4H2,1-2H3,(H,15,16);/q;+1/p-1. The van der Waals surface area contributed by atoms with Gasteiger partial charge in [-0.25, -0.2) is 4.79 Å². The van der Waals surface area contributed by atoms with E-state index in [1.807, 2.05) is 0 Å². The number of hydrogen-bond acceptors (Lipinski definition) is 6. The number of nitrogens with zero attached hydrogens (tertiary/aromatic N) is 5. The second-order valence-electron chi connectivity index (χ2n) is 3.57. The fraction of sp³-hybridized carbons (Fsp3) is 0.500. The quantitative estimate of drug-likeness (QED) is 0.301. The number of fused-ring (bicyclic) bond motifs is 1. The van der Waals surface area contributed by atoms with Crippen LogP contribution in [0.25, 0.3) is 0 Å². The van der Waals surface area contributed by atoms with Gasteiger partial charge in [-0.05, 0) is 0 Å². The van der Waals surface area contributed by atoms with Crippen LogP contribution in [0, 0.1) is 0 Å². The van der Waals surface area contributed by atoms with E-state index in [-0.39, 0.29) is 57.1 Å². The minimum Gasteiger partial charge on any atom is -0.411 e. The van der Waals surface area contributed by atoms with Gasteiger partial charge in [-0.2, -0.15) is 9.97 Å². The van der Waals surface area contributed by atoms with Gasteiger partial charge >= 0.3 is 57.1 Å². The molecule has 0 saturated heterocycles. The second kappa shape index (κ2) is 6.00. The van der Waals surface area contributed by atoms with Crippen molar-refractivity contribution in [1.29, 1.82) is 0 Å². The van der Waals surface area contributed by atoms with Crippen LogP contribution >= 0.6 is 12.2 Å². The number of hydrogen-bond donors (Lipinski definition) is 0. The summed E-state index contributed by atoms with van der Waals surface area (Å²) in [7, 11) is 3.55. The molecule has 1 aliphatic rings. The zero-order valence-corrected chi connectivity index (χ0v) is 14.6. The van der Waals surface area contributed by atoms with Crippen molar-refractivity contribution >= 4 is 41.1 Å². The molecule has 2 rings (SSSR count). The first-order chi connectivity index (χ1) is 7.50. The van der Waals surface area contributed by atoms with Crippen molar-refractivity contribution in [2.45, 2.75) is 6.54 Å². The largest absolute Gasteiger partial charge is 1.00 e. The van der Waals surface area contributed by atoms with E-state index >= 15 is 0 Å². The summed E-state index contributed by atoms with van der Waals surface area (Å²) < 4.78 is 1.78. The predicted molar refractivity (Wildman–Crippen MR) is 67.9 cm³/mol. The maximum absolute atomic E-state index is 11.7. The molecule has 0 fully saturated rings. The van der Waals surface area contributed by atoms with Gasteiger partial charge < -0.3 is 34.6 Å². The van der Waals surface area contributed by atoms with Crippen molar-refractivity contribution in [3.8, 4) is 0 Å². The maximum atomic E-state index is 11.7. The first-order valence-electron chi connectivity index (χ1n) is 4.65. The third kappa shape index (κ3) is 3.03. The zero-order valence-electron chi connectivity index (χ0n) is 9.88. The summed E-state index contributed by atoms with van der Waals surface area (Å²) in [6, 6.07) is 0. The first-order valence-corrected chi connectivity index (χ1v) is 5.47. The van der Waals surface area contributed by atoms with E-state index < -0.39 is 0 Å². The van der Waals surface area contributed by atoms with E-state index in [4.69, 9.17) is 24.8 Å². The minimum atomic E-state index is -0.317. The maximum Gasteiger partial charge on any atom is 1.00 e. The van der Waals surface area contributed by atoms with Crippen LogP contribution in [0.2, 0.25) is 0 Å². The van der Waals surface area contributed by atoms with Crippen LogP contribution in [0.1, 0.15) is 0 Å². The van der Waals surface area contributed by atoms with E-state index in [0.717, 1.165) is 0 Å². The molecule has 0 saturated carbocycles. The fourth-order valence-electron chi connectivity index (χ4n) is 1.48. The Morgan fingerprint density at radius 1 is 1.41 bits per heavy atom. The number of aromatic nitrogens is 3. The van der Waals surface area contributed by atoms with Crippen LogP contribution in [0.15, 0.2) is 4.79 Å². The molecule has 1 aromatic heterocycles. The summed E-state index contributed by atoms with van der Waals surface area (Å²) in [5.74, 6) is 0.859. The van der Waals surface area contributed by atoms with E-state index in [0.29, 0.717) is 29.3 Å². The van der Waals surface area contributed by atoms with E-state index in [2.05, 4.69) is 9.97 Å². The van der Waals surface area contributed by atoms with Crippen LogP contribution in [0.3, 0.4) is 0 Å². The average molecular weight is 295 g/mol. The summed E-state index contributed by atoms with van der Waals surface area (Å²) in [6.07, 6.45) is 0. The molecule has 0 N–H and O–H groups in total. The molecule has 0 aromatic carbocycles. The Balaban J connectivity index is 0.00000144. The van der Waals surface area contributed by atoms with Crippen LogP contribution in [-0.4, -0.2) is 39.5 Å². The Morgan fingerprint density at radius 3 is 2.59 bits per heavy atom. The van der Waals surface area contributed by atoms with Crippen LogP contribution in [-0.2, 0) is 19.2 Å². The summed E-state index contributed by atoms with van der Waals surface area (Å²) >= 11 is 9.87. The van der Waals surface area contributed by atoms with Gasteiger partial charge in [0.2, 0.25) is 11.9 Å². The van der Waals surface area contributed by atoms with Gasteiger partial charge in [0.05, 0.1) is 0 Å². The van der Waals surface area contributed by atoms with E-state index in [9.17, 15) is 4.79 Å². The van der Waals surface area contributed by atoms with Gasteiger partial charge in [0, 0.05) is 27.2 Å². The Kier molecular flexibility index (Phi) is 5.44. The second-order valence-corrected chi connectivity index (χ2v) is 4.60. The van der Waals surface area contributed by atoms with Gasteiger partial charge in [-0.15, -0.1) is 0 Å². The SMILES string of the molecule is CN(C)c1nc2n(c(=O)n1)CCN2C(=S)[S-].[K+]. The summed E-state index contributed by atoms with van der Waals surface area (Å²) in [5.41, 5.74) is -0.317. The minimum absolute atomic E-state index is 0. The number of rotatable bonds is 1. The molecule has 0 aliphatic carbocycles. The molecular weight excluding hydrogens is 285 g/mol. The molecule has 0 radical (unpaired) electrons. The van der Waals surface area contributed by atoms with E-state index in [1.54, 1.807) is 23.9 Å². The Labute approximate surface area is 152 Å². The molecular formula is C8H10KN5OS2. The van der Waals surface area contributed by atoms with E-state index in [1.165, 1.54) is 4.57 Å². The number of anilines is 2. The Bertz CT molecular complexity index is 503. The molecule has 6 nitrogen and oxygen atoms in total. The molecule has 0 atom stereocenters. The topological polar surface area (TPSA) is 54.3 Å². The van der Waals surface area contributed by atoms with Crippen LogP contribution in [0.5, 0.6) is 0 Å². The smallest absolute Gasteiger partial charge is 0.411 e. The summed E-state index contributed by atoms with van der Waals surface area (Å²) in [5, 5.41) is 0. The Hall–Kier alpha value is 0.356. The van der Waals surface area contributed by atoms with Gasteiger partial charge in [-0.1, -0.05) is 4.32 Å². The van der Waals surface area contributed by atoms with Crippen molar-refractivity contribution in [2.24, 2.45) is 0 Å². The predicted octanol–water partition coefficient (Wildman–Crippen LogP) is -3.64. The molecule has 1 aliphatic heterocycles. The first kappa shape index (κ1) is 15.4. The molecule has 0 unspecified atom stereocenters. The van der Waals surface area contributed by atoms with Gasteiger partial charge in [0.15, 0.2) is 0 Å². The van der Waals surface area contributed by atoms with Gasteiger partial charge in [-0.3, -0.25) is 4.57 Å². The fourth-order valence-corrected chi connectivity index (χ4v) is 1.83. The van der Waals surface area contributed by atoms with Crippen molar-refractivity contribution in [2.75, 3.05) is 30.4 Å². The molecule has 0 amide bonds. The Morgan fingerprint density at radius 2 is 2.06 bits per heavy atom.